The van der Waals surface area contributed by atoms with Gasteiger partial charge in [-0.3, -0.25) is 4.99 Å². The van der Waals surface area contributed by atoms with E-state index >= 15 is 0 Å². The number of guanidine groups is 1. The first kappa shape index (κ1) is 16.3. The summed E-state index contributed by atoms with van der Waals surface area (Å²) in [5.41, 5.74) is 1.18. The molecule has 0 aromatic heterocycles. The van der Waals surface area contributed by atoms with Crippen LogP contribution in [-0.2, 0) is 0 Å². The summed E-state index contributed by atoms with van der Waals surface area (Å²) in [6.45, 7) is 8.90. The molecule has 0 aliphatic heterocycles. The Morgan fingerprint density at radius 3 is 2.65 bits per heavy atom. The maximum atomic E-state index is 5.75. The molecule has 0 saturated carbocycles. The van der Waals surface area contributed by atoms with Crippen molar-refractivity contribution in [2.24, 2.45) is 10.9 Å². The molecule has 2 N–H and O–H groups in total. The van der Waals surface area contributed by atoms with Crippen molar-refractivity contribution >= 4 is 5.96 Å². The van der Waals surface area contributed by atoms with Crippen molar-refractivity contribution in [2.75, 3.05) is 26.7 Å². The van der Waals surface area contributed by atoms with Crippen LogP contribution in [0.3, 0.4) is 0 Å². The molecule has 4 nitrogen and oxygen atoms in total. The van der Waals surface area contributed by atoms with Crippen LogP contribution in [0.25, 0.3) is 0 Å². The molecule has 0 atom stereocenters. The normalized spacial score (nSPS) is 11.6. The highest BCUT2D eigenvalue weighted by Gasteiger charge is 2.00. The SMILES string of the molecule is CN=C(NCCCOc1ccccc1C)NCC(C)C. The van der Waals surface area contributed by atoms with Crippen LogP contribution in [0, 0.1) is 12.8 Å². The van der Waals surface area contributed by atoms with Crippen molar-refractivity contribution < 1.29 is 4.74 Å². The van der Waals surface area contributed by atoms with E-state index in [9.17, 15) is 0 Å². The van der Waals surface area contributed by atoms with E-state index in [0.29, 0.717) is 12.5 Å². The maximum Gasteiger partial charge on any atom is 0.190 e. The van der Waals surface area contributed by atoms with Gasteiger partial charge in [0.05, 0.1) is 6.61 Å². The van der Waals surface area contributed by atoms with E-state index in [1.54, 1.807) is 7.05 Å². The zero-order valence-corrected chi connectivity index (χ0v) is 13.1. The van der Waals surface area contributed by atoms with Gasteiger partial charge in [-0.05, 0) is 30.9 Å². The van der Waals surface area contributed by atoms with E-state index < -0.39 is 0 Å². The van der Waals surface area contributed by atoms with Gasteiger partial charge in [-0.25, -0.2) is 0 Å². The Kier molecular flexibility index (Phi) is 7.55. The Morgan fingerprint density at radius 2 is 2.00 bits per heavy atom. The number of nitrogens with one attached hydrogen (secondary N) is 2. The van der Waals surface area contributed by atoms with Crippen molar-refractivity contribution in [3.05, 3.63) is 29.8 Å². The van der Waals surface area contributed by atoms with Gasteiger partial charge in [0, 0.05) is 20.1 Å². The molecule has 0 unspecified atom stereocenters. The Balaban J connectivity index is 2.17. The summed E-state index contributed by atoms with van der Waals surface area (Å²) in [5, 5.41) is 6.57. The van der Waals surface area contributed by atoms with Crippen molar-refractivity contribution in [3.63, 3.8) is 0 Å². The third-order valence-corrected chi connectivity index (χ3v) is 2.87. The highest BCUT2D eigenvalue weighted by Crippen LogP contribution is 2.15. The highest BCUT2D eigenvalue weighted by molar-refractivity contribution is 5.79. The van der Waals surface area contributed by atoms with Crippen LogP contribution >= 0.6 is 0 Å². The number of para-hydroxylation sites is 1. The van der Waals surface area contributed by atoms with Crippen molar-refractivity contribution in [2.45, 2.75) is 27.2 Å². The number of nitrogens with zero attached hydrogens (tertiary/aromatic N) is 1. The number of benzene rings is 1. The third-order valence-electron chi connectivity index (χ3n) is 2.87. The van der Waals surface area contributed by atoms with Gasteiger partial charge in [0.2, 0.25) is 0 Å². The van der Waals surface area contributed by atoms with Crippen LogP contribution in [-0.4, -0.2) is 32.7 Å². The average Bonchev–Trinajstić information content (AvgIpc) is 2.43. The summed E-state index contributed by atoms with van der Waals surface area (Å²) in [5.74, 6) is 2.43. The predicted octanol–water partition coefficient (Wildman–Crippen LogP) is 2.58. The minimum Gasteiger partial charge on any atom is -0.493 e. The molecule has 1 aromatic rings. The Bertz CT molecular complexity index is 416. The van der Waals surface area contributed by atoms with Gasteiger partial charge in [0.25, 0.3) is 0 Å². The smallest absolute Gasteiger partial charge is 0.190 e. The fourth-order valence-electron chi connectivity index (χ4n) is 1.70. The number of ether oxygens (including phenoxy) is 1. The summed E-state index contributed by atoms with van der Waals surface area (Å²) in [4.78, 5) is 4.18. The molecule has 20 heavy (non-hydrogen) atoms. The fourth-order valence-corrected chi connectivity index (χ4v) is 1.70. The molecule has 0 spiro atoms. The van der Waals surface area contributed by atoms with Crippen LogP contribution in [0.15, 0.2) is 29.3 Å². The molecule has 0 amide bonds. The predicted molar refractivity (Wildman–Crippen MR) is 85.5 cm³/mol. The molecule has 112 valence electrons. The van der Waals surface area contributed by atoms with Crippen LogP contribution in [0.4, 0.5) is 0 Å². The lowest BCUT2D eigenvalue weighted by atomic mass is 10.2. The lowest BCUT2D eigenvalue weighted by Gasteiger charge is -2.14. The minimum absolute atomic E-state index is 0.609. The first-order valence-corrected chi connectivity index (χ1v) is 7.26. The number of hydrogen-bond acceptors (Lipinski definition) is 2. The molecular weight excluding hydrogens is 250 g/mol. The van der Waals surface area contributed by atoms with Gasteiger partial charge in [0.15, 0.2) is 5.96 Å². The Morgan fingerprint density at radius 1 is 1.25 bits per heavy atom. The number of aryl methyl sites for hydroxylation is 1. The highest BCUT2D eigenvalue weighted by atomic mass is 16.5. The second-order valence-corrected chi connectivity index (χ2v) is 5.24. The van der Waals surface area contributed by atoms with Gasteiger partial charge in [-0.1, -0.05) is 32.0 Å². The Labute approximate surface area is 122 Å². The first-order valence-electron chi connectivity index (χ1n) is 7.26. The van der Waals surface area contributed by atoms with E-state index in [1.807, 2.05) is 18.2 Å². The van der Waals surface area contributed by atoms with E-state index in [-0.39, 0.29) is 0 Å². The van der Waals surface area contributed by atoms with Gasteiger partial charge in [-0.15, -0.1) is 0 Å². The molecule has 0 aliphatic carbocycles. The Hall–Kier alpha value is -1.71. The van der Waals surface area contributed by atoms with Gasteiger partial charge in [0.1, 0.15) is 5.75 Å². The second kappa shape index (κ2) is 9.23. The molecule has 1 rings (SSSR count). The molecule has 0 saturated heterocycles. The molecular formula is C16H27N3O. The lowest BCUT2D eigenvalue weighted by molar-refractivity contribution is 0.309. The van der Waals surface area contributed by atoms with E-state index in [4.69, 9.17) is 4.74 Å². The van der Waals surface area contributed by atoms with Gasteiger partial charge in [-0.2, -0.15) is 0 Å². The van der Waals surface area contributed by atoms with Crippen LogP contribution < -0.4 is 15.4 Å². The largest absolute Gasteiger partial charge is 0.493 e. The minimum atomic E-state index is 0.609. The number of rotatable bonds is 7. The summed E-state index contributed by atoms with van der Waals surface area (Å²) in [6, 6.07) is 8.09. The topological polar surface area (TPSA) is 45.7 Å². The van der Waals surface area contributed by atoms with Crippen molar-refractivity contribution in [3.8, 4) is 5.75 Å². The average molecular weight is 277 g/mol. The second-order valence-electron chi connectivity index (χ2n) is 5.24. The van der Waals surface area contributed by atoms with Crippen molar-refractivity contribution in [1.82, 2.24) is 10.6 Å². The van der Waals surface area contributed by atoms with E-state index in [2.05, 4.69) is 42.5 Å². The number of hydrogen-bond donors (Lipinski definition) is 2. The van der Waals surface area contributed by atoms with Gasteiger partial charge >= 0.3 is 0 Å². The summed E-state index contributed by atoms with van der Waals surface area (Å²) < 4.78 is 5.75. The lowest BCUT2D eigenvalue weighted by Crippen LogP contribution is -2.39. The first-order chi connectivity index (χ1) is 9.63. The zero-order chi connectivity index (χ0) is 14.8. The molecule has 0 aliphatic rings. The summed E-state index contributed by atoms with van der Waals surface area (Å²) in [7, 11) is 1.79. The molecule has 4 heteroatoms. The van der Waals surface area contributed by atoms with E-state index in [0.717, 1.165) is 31.2 Å². The standard InChI is InChI=1S/C16H27N3O/c1-13(2)12-19-16(17-4)18-10-7-11-20-15-9-6-5-8-14(15)3/h5-6,8-9,13H,7,10-12H2,1-4H3,(H2,17,18,19). The molecule has 1 aromatic carbocycles. The molecule has 0 heterocycles. The van der Waals surface area contributed by atoms with Gasteiger partial charge < -0.3 is 15.4 Å². The monoisotopic (exact) mass is 277 g/mol. The van der Waals surface area contributed by atoms with Crippen LogP contribution in [0.5, 0.6) is 5.75 Å². The summed E-state index contributed by atoms with van der Waals surface area (Å²) in [6.07, 6.45) is 0.941. The van der Waals surface area contributed by atoms with Crippen LogP contribution in [0.1, 0.15) is 25.8 Å². The quantitative estimate of drug-likeness (QED) is 0.457. The van der Waals surface area contributed by atoms with E-state index in [1.165, 1.54) is 5.56 Å². The molecule has 0 fully saturated rings. The maximum absolute atomic E-state index is 5.75. The fraction of sp³-hybridized carbons (Fsp3) is 0.562. The number of aliphatic imine (C=N–C) groups is 1. The molecule has 0 bridgehead atoms. The summed E-state index contributed by atoms with van der Waals surface area (Å²) >= 11 is 0. The zero-order valence-electron chi connectivity index (χ0n) is 13.1. The van der Waals surface area contributed by atoms with Crippen molar-refractivity contribution in [1.29, 1.82) is 0 Å². The molecule has 0 radical (unpaired) electrons. The third kappa shape index (κ3) is 6.45. The van der Waals surface area contributed by atoms with Crippen LogP contribution in [0.2, 0.25) is 0 Å².